The minimum absolute atomic E-state index is 0.145. The number of rotatable bonds is 8. The molecule has 0 saturated carbocycles. The Balaban J connectivity index is 1.92. The van der Waals surface area contributed by atoms with Crippen molar-refractivity contribution in [1.29, 1.82) is 0 Å². The van der Waals surface area contributed by atoms with Gasteiger partial charge in [-0.1, -0.05) is 49.4 Å². The number of aryl methyl sites for hydroxylation is 1. The van der Waals surface area contributed by atoms with E-state index in [1.807, 2.05) is 19.1 Å². The van der Waals surface area contributed by atoms with Gasteiger partial charge in [0.05, 0.1) is 12.7 Å². The minimum Gasteiger partial charge on any atom is -0.370 e. The third-order valence-electron chi connectivity index (χ3n) is 5.62. The lowest BCUT2D eigenvalue weighted by atomic mass is 9.85. The highest BCUT2D eigenvalue weighted by Gasteiger charge is 2.58. The minimum atomic E-state index is -0.827. The summed E-state index contributed by atoms with van der Waals surface area (Å²) in [6.45, 7) is 4.26. The van der Waals surface area contributed by atoms with Crippen LogP contribution in [0.1, 0.15) is 30.0 Å². The first-order valence-electron chi connectivity index (χ1n) is 9.68. The summed E-state index contributed by atoms with van der Waals surface area (Å²) in [6.07, 6.45) is 0.133. The third-order valence-corrected chi connectivity index (χ3v) is 5.62. The number of hydrogen-bond acceptors (Lipinski definition) is 4. The molecule has 2 aromatic carbocycles. The fraction of sp³-hybridized carbons (Fsp3) is 0.478. The Morgan fingerprint density at radius 1 is 1.04 bits per heavy atom. The molecular weight excluding hydrogens is 359 g/mol. The summed E-state index contributed by atoms with van der Waals surface area (Å²) in [7, 11) is 3.27. The molecule has 152 valence electrons. The number of halogens is 1. The summed E-state index contributed by atoms with van der Waals surface area (Å²) >= 11 is 0. The number of hydrogen-bond donors (Lipinski definition) is 0. The van der Waals surface area contributed by atoms with E-state index < -0.39 is 18.0 Å². The maximum atomic E-state index is 14.1. The van der Waals surface area contributed by atoms with Crippen molar-refractivity contribution in [3.8, 4) is 0 Å². The monoisotopic (exact) mass is 388 g/mol. The molecule has 1 fully saturated rings. The first-order valence-corrected chi connectivity index (χ1v) is 9.68. The zero-order chi connectivity index (χ0) is 20.1. The Kier molecular flexibility index (Phi) is 6.83. The van der Waals surface area contributed by atoms with Crippen LogP contribution in [0.25, 0.3) is 0 Å². The van der Waals surface area contributed by atoms with Crippen LogP contribution >= 0.6 is 0 Å². The van der Waals surface area contributed by atoms with E-state index in [0.29, 0.717) is 12.0 Å². The van der Waals surface area contributed by atoms with E-state index >= 15 is 0 Å². The normalized spacial score (nSPS) is 27.2. The van der Waals surface area contributed by atoms with Gasteiger partial charge in [0.25, 0.3) is 0 Å². The summed E-state index contributed by atoms with van der Waals surface area (Å²) in [5, 5.41) is 0. The lowest BCUT2D eigenvalue weighted by Crippen LogP contribution is -2.53. The van der Waals surface area contributed by atoms with E-state index in [2.05, 4.69) is 19.1 Å². The average Bonchev–Trinajstić information content (AvgIpc) is 3.02. The lowest BCUT2D eigenvalue weighted by molar-refractivity contribution is -0.208. The van der Waals surface area contributed by atoms with Crippen LogP contribution in [-0.4, -0.2) is 38.3 Å². The molecule has 1 heterocycles. The molecule has 0 N–H and O–H groups in total. The molecule has 28 heavy (non-hydrogen) atoms. The molecular formula is C23H29FO4. The van der Waals surface area contributed by atoms with Gasteiger partial charge in [-0.3, -0.25) is 0 Å². The second kappa shape index (κ2) is 9.14. The van der Waals surface area contributed by atoms with Crippen LogP contribution in [0.2, 0.25) is 0 Å². The largest absolute Gasteiger partial charge is 0.370 e. The second-order valence-corrected chi connectivity index (χ2v) is 7.24. The number of benzene rings is 2. The molecule has 4 atom stereocenters. The van der Waals surface area contributed by atoms with Gasteiger partial charge in [0.15, 0.2) is 11.9 Å². The molecule has 4 nitrogen and oxygen atoms in total. The van der Waals surface area contributed by atoms with E-state index in [-0.39, 0.29) is 18.5 Å². The van der Waals surface area contributed by atoms with Gasteiger partial charge in [-0.25, -0.2) is 4.39 Å². The van der Waals surface area contributed by atoms with Gasteiger partial charge in [0.2, 0.25) is 0 Å². The predicted molar refractivity (Wildman–Crippen MR) is 106 cm³/mol. The summed E-state index contributed by atoms with van der Waals surface area (Å²) in [6, 6.07) is 14.8. The summed E-state index contributed by atoms with van der Waals surface area (Å²) < 4.78 is 38.2. The van der Waals surface area contributed by atoms with Crippen molar-refractivity contribution >= 4 is 0 Å². The molecule has 3 rings (SSSR count). The van der Waals surface area contributed by atoms with Crippen LogP contribution in [-0.2, 0) is 32.0 Å². The highest BCUT2D eigenvalue weighted by atomic mass is 19.1. The maximum Gasteiger partial charge on any atom is 0.189 e. The zero-order valence-electron chi connectivity index (χ0n) is 17.0. The summed E-state index contributed by atoms with van der Waals surface area (Å²) in [5.74, 6) is -0.278. The maximum absolute atomic E-state index is 14.1. The zero-order valence-corrected chi connectivity index (χ0v) is 17.0. The van der Waals surface area contributed by atoms with Gasteiger partial charge in [-0.05, 0) is 30.5 Å². The summed E-state index contributed by atoms with van der Waals surface area (Å²) in [4.78, 5) is 0. The van der Waals surface area contributed by atoms with Crippen LogP contribution in [0, 0.1) is 12.7 Å². The molecule has 0 bridgehead atoms. The van der Waals surface area contributed by atoms with Crippen LogP contribution < -0.4 is 0 Å². The molecule has 0 aliphatic carbocycles. The van der Waals surface area contributed by atoms with Crippen molar-refractivity contribution in [2.75, 3.05) is 14.2 Å². The van der Waals surface area contributed by atoms with Crippen LogP contribution in [0.15, 0.2) is 48.5 Å². The molecule has 1 aliphatic rings. The van der Waals surface area contributed by atoms with Gasteiger partial charge in [-0.2, -0.15) is 0 Å². The van der Waals surface area contributed by atoms with Crippen LogP contribution in [0.3, 0.4) is 0 Å². The van der Waals surface area contributed by atoms with E-state index in [4.69, 9.17) is 18.9 Å². The van der Waals surface area contributed by atoms with Crippen molar-refractivity contribution < 1.29 is 23.3 Å². The molecule has 0 spiro atoms. The van der Waals surface area contributed by atoms with Crippen molar-refractivity contribution in [2.45, 2.75) is 57.4 Å². The van der Waals surface area contributed by atoms with Crippen molar-refractivity contribution in [2.24, 2.45) is 0 Å². The predicted octanol–water partition coefficient (Wildman–Crippen LogP) is 4.43. The van der Waals surface area contributed by atoms with E-state index in [1.165, 1.54) is 11.6 Å². The highest BCUT2D eigenvalue weighted by molar-refractivity contribution is 5.28. The Bertz CT molecular complexity index is 781. The van der Waals surface area contributed by atoms with Crippen molar-refractivity contribution in [3.63, 3.8) is 0 Å². The lowest BCUT2D eigenvalue weighted by Gasteiger charge is -2.37. The second-order valence-electron chi connectivity index (χ2n) is 7.24. The van der Waals surface area contributed by atoms with Gasteiger partial charge in [-0.15, -0.1) is 0 Å². The molecule has 0 amide bonds. The number of methoxy groups -OCH3 is 2. The van der Waals surface area contributed by atoms with Gasteiger partial charge in [0.1, 0.15) is 11.9 Å². The molecule has 1 aliphatic heterocycles. The SMILES string of the molecule is CC[C@H]1O[C@H](OC)[C@](Cc2ccccc2C)(OC)[C@H]1OCc1ccccc1F. The molecule has 0 radical (unpaired) electrons. The fourth-order valence-electron chi connectivity index (χ4n) is 3.98. The first kappa shape index (κ1) is 20.9. The van der Waals surface area contributed by atoms with Gasteiger partial charge >= 0.3 is 0 Å². The van der Waals surface area contributed by atoms with Crippen LogP contribution in [0.4, 0.5) is 4.39 Å². The average molecular weight is 388 g/mol. The van der Waals surface area contributed by atoms with Crippen molar-refractivity contribution in [3.05, 3.63) is 71.0 Å². The van der Waals surface area contributed by atoms with Crippen LogP contribution in [0.5, 0.6) is 0 Å². The molecule has 2 aromatic rings. The standard InChI is InChI=1S/C23H29FO4/c1-5-20-21(27-15-18-12-8-9-13-19(18)24)23(26-4,22(25-3)28-20)14-17-11-7-6-10-16(17)2/h6-13,20-22H,5,14-15H2,1-4H3/t20-,21+,22+,23-/m1/s1. The Hall–Kier alpha value is -1.79. The fourth-order valence-corrected chi connectivity index (χ4v) is 3.98. The highest BCUT2D eigenvalue weighted by Crippen LogP contribution is 2.41. The van der Waals surface area contributed by atoms with Gasteiger partial charge < -0.3 is 18.9 Å². The molecule has 0 unspecified atom stereocenters. The first-order chi connectivity index (χ1) is 13.6. The molecule has 1 saturated heterocycles. The van der Waals surface area contributed by atoms with Crippen molar-refractivity contribution in [1.82, 2.24) is 0 Å². The Labute approximate surface area is 166 Å². The molecule has 0 aromatic heterocycles. The van der Waals surface area contributed by atoms with E-state index in [1.54, 1.807) is 32.4 Å². The summed E-state index contributed by atoms with van der Waals surface area (Å²) in [5.41, 5.74) is 2.00. The Morgan fingerprint density at radius 3 is 2.32 bits per heavy atom. The topological polar surface area (TPSA) is 36.9 Å². The van der Waals surface area contributed by atoms with E-state index in [0.717, 1.165) is 12.0 Å². The number of ether oxygens (including phenoxy) is 4. The Morgan fingerprint density at radius 2 is 1.71 bits per heavy atom. The smallest absolute Gasteiger partial charge is 0.189 e. The quantitative estimate of drug-likeness (QED) is 0.670. The van der Waals surface area contributed by atoms with E-state index in [9.17, 15) is 4.39 Å². The third kappa shape index (κ3) is 3.98. The van der Waals surface area contributed by atoms with Gasteiger partial charge in [0, 0.05) is 26.2 Å². The molecule has 5 heteroatoms.